The molecule has 18 heavy (non-hydrogen) atoms. The van der Waals surface area contributed by atoms with Crippen LogP contribution in [0.25, 0.3) is 0 Å². The van der Waals surface area contributed by atoms with Crippen molar-refractivity contribution in [2.24, 2.45) is 5.73 Å². The lowest BCUT2D eigenvalue weighted by molar-refractivity contribution is 0.333. The second-order valence-corrected chi connectivity index (χ2v) is 4.94. The molecule has 3 nitrogen and oxygen atoms in total. The maximum atomic E-state index is 5.58. The van der Waals surface area contributed by atoms with Crippen LogP contribution in [0.4, 0.5) is 0 Å². The van der Waals surface area contributed by atoms with Gasteiger partial charge in [-0.3, -0.25) is 0 Å². The van der Waals surface area contributed by atoms with E-state index in [1.165, 1.54) is 44.9 Å². The molecule has 3 heteroatoms. The van der Waals surface area contributed by atoms with Crippen molar-refractivity contribution in [3.05, 3.63) is 24.6 Å². The van der Waals surface area contributed by atoms with Crippen LogP contribution in [0.2, 0.25) is 0 Å². The first-order valence-electron chi connectivity index (χ1n) is 7.43. The van der Waals surface area contributed by atoms with E-state index in [0.717, 1.165) is 6.54 Å². The van der Waals surface area contributed by atoms with E-state index in [1.54, 1.807) is 0 Å². The summed E-state index contributed by atoms with van der Waals surface area (Å²) in [6.45, 7) is 3.88. The van der Waals surface area contributed by atoms with Crippen LogP contribution in [0.1, 0.15) is 51.9 Å². The molecule has 0 aromatic heterocycles. The van der Waals surface area contributed by atoms with E-state index < -0.39 is 0 Å². The van der Waals surface area contributed by atoms with Crippen LogP contribution in [0, 0.1) is 0 Å². The molecule has 0 fully saturated rings. The topological polar surface area (TPSA) is 41.3 Å². The van der Waals surface area contributed by atoms with Crippen molar-refractivity contribution in [1.29, 1.82) is 0 Å². The summed E-state index contributed by atoms with van der Waals surface area (Å²) in [7, 11) is 0. The van der Waals surface area contributed by atoms with Crippen LogP contribution in [0.15, 0.2) is 24.6 Å². The van der Waals surface area contributed by atoms with Crippen LogP contribution in [-0.4, -0.2) is 24.2 Å². The number of hydrogen-bond donors (Lipinski definition) is 2. The van der Waals surface area contributed by atoms with Crippen LogP contribution < -0.4 is 11.1 Å². The van der Waals surface area contributed by atoms with E-state index >= 15 is 0 Å². The number of unbranched alkanes of at least 4 members (excludes halogenated alkanes) is 6. The summed E-state index contributed by atoms with van der Waals surface area (Å²) in [6.07, 6.45) is 18.3. The molecule has 1 atom stereocenters. The highest BCUT2D eigenvalue weighted by Crippen LogP contribution is 2.09. The highest BCUT2D eigenvalue weighted by atomic mass is 15.3. The van der Waals surface area contributed by atoms with E-state index in [9.17, 15) is 0 Å². The average molecular weight is 251 g/mol. The highest BCUT2D eigenvalue weighted by molar-refractivity contribution is 5.04. The molecule has 104 valence electrons. The van der Waals surface area contributed by atoms with Crippen LogP contribution in [0.5, 0.6) is 0 Å². The average Bonchev–Trinajstić information content (AvgIpc) is 2.81. The smallest absolute Gasteiger partial charge is 0.118 e. The summed E-state index contributed by atoms with van der Waals surface area (Å²) in [5.74, 6) is 0. The number of nitrogens with two attached hydrogens (primary N) is 1. The monoisotopic (exact) mass is 251 g/mol. The third-order valence-electron chi connectivity index (χ3n) is 3.32. The van der Waals surface area contributed by atoms with Gasteiger partial charge in [-0.15, -0.1) is 0 Å². The summed E-state index contributed by atoms with van der Waals surface area (Å²) in [5, 5.41) is 3.31. The molecule has 0 aromatic carbocycles. The van der Waals surface area contributed by atoms with Gasteiger partial charge in [-0.05, 0) is 18.9 Å². The van der Waals surface area contributed by atoms with E-state index in [4.69, 9.17) is 5.73 Å². The normalized spacial score (nSPS) is 18.8. The van der Waals surface area contributed by atoms with E-state index in [1.807, 2.05) is 6.20 Å². The molecule has 0 bridgehead atoms. The summed E-state index contributed by atoms with van der Waals surface area (Å²) in [5.41, 5.74) is 5.58. The predicted molar refractivity (Wildman–Crippen MR) is 79.0 cm³/mol. The van der Waals surface area contributed by atoms with Crippen molar-refractivity contribution in [2.45, 2.75) is 58.0 Å². The Balaban J connectivity index is 2.02. The Morgan fingerprint density at radius 1 is 1.22 bits per heavy atom. The van der Waals surface area contributed by atoms with Crippen molar-refractivity contribution < 1.29 is 0 Å². The lowest BCUT2D eigenvalue weighted by Crippen LogP contribution is -2.36. The Bertz CT molecular complexity index is 248. The Morgan fingerprint density at radius 3 is 2.78 bits per heavy atom. The van der Waals surface area contributed by atoms with Crippen molar-refractivity contribution >= 4 is 0 Å². The van der Waals surface area contributed by atoms with Gasteiger partial charge in [-0.25, -0.2) is 0 Å². The third-order valence-corrected chi connectivity index (χ3v) is 3.32. The summed E-state index contributed by atoms with van der Waals surface area (Å²) >= 11 is 0. The van der Waals surface area contributed by atoms with Gasteiger partial charge in [0.1, 0.15) is 6.17 Å². The van der Waals surface area contributed by atoms with Gasteiger partial charge in [0.05, 0.1) is 0 Å². The molecule has 1 aliphatic heterocycles. The minimum absolute atomic E-state index is 0.314. The Morgan fingerprint density at radius 2 is 2.00 bits per heavy atom. The molecule has 0 spiro atoms. The molecule has 1 heterocycles. The van der Waals surface area contributed by atoms with Gasteiger partial charge in [0.15, 0.2) is 0 Å². The van der Waals surface area contributed by atoms with Crippen LogP contribution in [-0.2, 0) is 0 Å². The summed E-state index contributed by atoms with van der Waals surface area (Å²) < 4.78 is 0. The maximum Gasteiger partial charge on any atom is 0.118 e. The van der Waals surface area contributed by atoms with Crippen LogP contribution in [0.3, 0.4) is 0 Å². The molecule has 0 saturated heterocycles. The zero-order valence-electron chi connectivity index (χ0n) is 11.8. The van der Waals surface area contributed by atoms with Crippen molar-refractivity contribution in [3.8, 4) is 0 Å². The highest BCUT2D eigenvalue weighted by Gasteiger charge is 2.13. The quantitative estimate of drug-likeness (QED) is 0.463. The largest absolute Gasteiger partial charge is 0.367 e. The van der Waals surface area contributed by atoms with Gasteiger partial charge in [0.2, 0.25) is 0 Å². The molecule has 1 rings (SSSR count). The van der Waals surface area contributed by atoms with E-state index in [0.29, 0.717) is 12.7 Å². The second kappa shape index (κ2) is 10.0. The fraction of sp³-hybridized carbons (Fsp3) is 0.733. The van der Waals surface area contributed by atoms with Gasteiger partial charge >= 0.3 is 0 Å². The van der Waals surface area contributed by atoms with Gasteiger partial charge in [-0.2, -0.15) is 0 Å². The Hall–Kier alpha value is -0.960. The molecule has 1 unspecified atom stereocenters. The fourth-order valence-electron chi connectivity index (χ4n) is 2.22. The number of allylic oxidation sites excluding steroid dienone is 1. The Kier molecular flexibility index (Phi) is 8.40. The lowest BCUT2D eigenvalue weighted by Gasteiger charge is -2.21. The first-order chi connectivity index (χ1) is 8.88. The van der Waals surface area contributed by atoms with E-state index in [-0.39, 0.29) is 0 Å². The zero-order chi connectivity index (χ0) is 13.1. The van der Waals surface area contributed by atoms with Crippen molar-refractivity contribution in [1.82, 2.24) is 10.2 Å². The predicted octanol–water partition coefficient (Wildman–Crippen LogP) is 2.95. The number of nitrogens with zero attached hydrogens (tertiary/aromatic N) is 1. The third kappa shape index (κ3) is 6.10. The molecule has 3 N–H and O–H groups in total. The number of nitrogens with one attached hydrogen (secondary N) is 1. The Labute approximate surface area is 112 Å². The van der Waals surface area contributed by atoms with Crippen molar-refractivity contribution in [2.75, 3.05) is 13.1 Å². The minimum Gasteiger partial charge on any atom is -0.367 e. The van der Waals surface area contributed by atoms with Gasteiger partial charge in [-0.1, -0.05) is 45.1 Å². The zero-order valence-corrected chi connectivity index (χ0v) is 11.8. The molecule has 0 radical (unpaired) electrons. The SMILES string of the molecule is CCCCCCCC/C=C/C1NC=CN1CCN. The van der Waals surface area contributed by atoms with Crippen LogP contribution >= 0.6 is 0 Å². The molecule has 0 aromatic rings. The number of rotatable bonds is 10. The maximum absolute atomic E-state index is 5.58. The van der Waals surface area contributed by atoms with Gasteiger partial charge < -0.3 is 16.0 Å². The molecular formula is C15H29N3. The lowest BCUT2D eigenvalue weighted by atomic mass is 10.1. The van der Waals surface area contributed by atoms with Crippen molar-refractivity contribution in [3.63, 3.8) is 0 Å². The fourth-order valence-corrected chi connectivity index (χ4v) is 2.22. The molecular weight excluding hydrogens is 222 g/mol. The molecule has 0 amide bonds. The van der Waals surface area contributed by atoms with E-state index in [2.05, 4.69) is 35.5 Å². The molecule has 0 saturated carbocycles. The summed E-state index contributed by atoms with van der Waals surface area (Å²) in [4.78, 5) is 2.23. The molecule has 1 aliphatic rings. The summed E-state index contributed by atoms with van der Waals surface area (Å²) in [6, 6.07) is 0. The standard InChI is InChI=1S/C15H29N3/c1-2-3-4-5-6-7-8-9-10-15-17-12-14-18(15)13-11-16/h9-10,12,14-15,17H,2-8,11,13,16H2,1H3/b10-9+. The molecule has 0 aliphatic carbocycles. The first-order valence-corrected chi connectivity index (χ1v) is 7.43. The first kappa shape index (κ1) is 15.1. The number of hydrogen-bond acceptors (Lipinski definition) is 3. The minimum atomic E-state index is 0.314. The van der Waals surface area contributed by atoms with Gasteiger partial charge in [0.25, 0.3) is 0 Å². The van der Waals surface area contributed by atoms with Gasteiger partial charge in [0, 0.05) is 25.5 Å². The second-order valence-electron chi connectivity index (χ2n) is 4.94.